The number of rotatable bonds is 11. The maximum atomic E-state index is 11.6. The fraction of sp³-hybridized carbons (Fsp3) is 0.304. The van der Waals surface area contributed by atoms with Crippen LogP contribution in [0.15, 0.2) is 67.3 Å². The average Bonchev–Trinajstić information content (AvgIpc) is 3.27. The van der Waals surface area contributed by atoms with Crippen LogP contribution >= 0.6 is 11.8 Å². The van der Waals surface area contributed by atoms with Gasteiger partial charge in [0.25, 0.3) is 0 Å². The van der Waals surface area contributed by atoms with E-state index in [0.29, 0.717) is 5.69 Å². The van der Waals surface area contributed by atoms with Gasteiger partial charge in [-0.1, -0.05) is 49.0 Å². The zero-order valence-electron chi connectivity index (χ0n) is 17.9. The molecule has 3 rings (SSSR count). The number of carbonyl (C=O) groups is 1. The molecule has 0 aliphatic heterocycles. The fourth-order valence-electron chi connectivity index (χ4n) is 3.30. The van der Waals surface area contributed by atoms with E-state index in [9.17, 15) is 4.79 Å². The Bertz CT molecular complexity index is 973. The number of aryl methyl sites for hydroxylation is 1. The van der Waals surface area contributed by atoms with E-state index in [0.717, 1.165) is 30.1 Å². The van der Waals surface area contributed by atoms with Crippen LogP contribution in [0.25, 0.3) is 0 Å². The van der Waals surface area contributed by atoms with Crippen LogP contribution < -0.4 is 10.6 Å². The van der Waals surface area contributed by atoms with Crippen molar-refractivity contribution in [1.29, 1.82) is 0 Å². The molecule has 8 heteroatoms. The predicted molar refractivity (Wildman–Crippen MR) is 126 cm³/mol. The Hall–Kier alpha value is -2.97. The van der Waals surface area contributed by atoms with Gasteiger partial charge < -0.3 is 5.32 Å². The fourth-order valence-corrected chi connectivity index (χ4v) is 3.71. The average molecular weight is 437 g/mol. The molecule has 162 valence electrons. The zero-order chi connectivity index (χ0) is 22.1. The molecule has 2 N–H and O–H groups in total. The highest BCUT2D eigenvalue weighted by Gasteiger charge is 2.23. The van der Waals surface area contributed by atoms with Gasteiger partial charge in [0.05, 0.1) is 6.04 Å². The molecule has 7 nitrogen and oxygen atoms in total. The molecular formula is C23H28N6OS. The van der Waals surface area contributed by atoms with E-state index in [1.54, 1.807) is 0 Å². The molecule has 2 unspecified atom stereocenters. The highest BCUT2D eigenvalue weighted by molar-refractivity contribution is 7.98. The quantitative estimate of drug-likeness (QED) is 0.349. The van der Waals surface area contributed by atoms with Gasteiger partial charge in [0.1, 0.15) is 0 Å². The Morgan fingerprint density at radius 2 is 1.90 bits per heavy atom. The number of nitrogens with one attached hydrogen (secondary N) is 2. The number of anilines is 1. The van der Waals surface area contributed by atoms with Gasteiger partial charge in [-0.05, 0) is 65.1 Å². The van der Waals surface area contributed by atoms with Crippen molar-refractivity contribution < 1.29 is 4.79 Å². The van der Waals surface area contributed by atoms with E-state index in [1.165, 1.54) is 11.6 Å². The summed E-state index contributed by atoms with van der Waals surface area (Å²) in [4.78, 5) is 11.6. The maximum Gasteiger partial charge on any atom is 0.247 e. The first kappa shape index (κ1) is 22.7. The van der Waals surface area contributed by atoms with Crippen LogP contribution in [0.4, 0.5) is 5.69 Å². The monoisotopic (exact) mass is 436 g/mol. The van der Waals surface area contributed by atoms with Gasteiger partial charge in [-0.3, -0.25) is 10.1 Å². The summed E-state index contributed by atoms with van der Waals surface area (Å²) in [6, 6.07) is 17.9. The Balaban J connectivity index is 1.88. The van der Waals surface area contributed by atoms with Gasteiger partial charge in [0.2, 0.25) is 5.91 Å². The van der Waals surface area contributed by atoms with Crippen LogP contribution in [-0.4, -0.2) is 38.1 Å². The summed E-state index contributed by atoms with van der Waals surface area (Å²) in [7, 11) is 0. The largest absolute Gasteiger partial charge is 0.323 e. The van der Waals surface area contributed by atoms with Crippen molar-refractivity contribution in [2.75, 3.05) is 17.3 Å². The number of tetrazole rings is 1. The summed E-state index contributed by atoms with van der Waals surface area (Å²) >= 11 is 1.81. The second-order valence-corrected chi connectivity index (χ2v) is 8.14. The minimum absolute atomic E-state index is 0.0858. The van der Waals surface area contributed by atoms with Crippen LogP contribution in [0.1, 0.15) is 42.4 Å². The third-order valence-electron chi connectivity index (χ3n) is 4.95. The number of nitrogens with zero attached hydrogens (tertiary/aromatic N) is 4. The van der Waals surface area contributed by atoms with Crippen LogP contribution in [0, 0.1) is 0 Å². The van der Waals surface area contributed by atoms with Crippen molar-refractivity contribution in [3.63, 3.8) is 0 Å². The van der Waals surface area contributed by atoms with Crippen molar-refractivity contribution in [3.8, 4) is 0 Å². The standard InChI is InChI=1S/C23H28N6OS/c1-4-21(30)25-20-13-11-19(12-14-20)22(24-17(2)18-9-6-5-7-10-18)23-26-27-28-29(23)15-8-16-31-3/h4-7,9-14,17,22,24H,1,8,15-16H2,2-3H3,(H,25,30). The number of benzene rings is 2. The van der Waals surface area contributed by atoms with Crippen molar-refractivity contribution in [2.45, 2.75) is 32.0 Å². The maximum absolute atomic E-state index is 11.6. The predicted octanol–water partition coefficient (Wildman–Crippen LogP) is 3.99. The Morgan fingerprint density at radius 1 is 1.16 bits per heavy atom. The molecule has 0 aliphatic rings. The molecule has 2 aromatic carbocycles. The highest BCUT2D eigenvalue weighted by Crippen LogP contribution is 2.26. The van der Waals surface area contributed by atoms with E-state index in [-0.39, 0.29) is 18.0 Å². The molecule has 1 heterocycles. The van der Waals surface area contributed by atoms with E-state index in [2.05, 4.69) is 58.1 Å². The van der Waals surface area contributed by atoms with E-state index < -0.39 is 0 Å². The van der Waals surface area contributed by atoms with E-state index in [1.807, 2.05) is 58.9 Å². The third-order valence-corrected chi connectivity index (χ3v) is 5.65. The van der Waals surface area contributed by atoms with Crippen molar-refractivity contribution in [3.05, 3.63) is 84.2 Å². The highest BCUT2D eigenvalue weighted by atomic mass is 32.2. The SMILES string of the molecule is C=CC(=O)Nc1ccc(C(NC(C)c2ccccc2)c2nnnn2CCCSC)cc1. The van der Waals surface area contributed by atoms with Gasteiger partial charge in [-0.15, -0.1) is 5.10 Å². The lowest BCUT2D eigenvalue weighted by Gasteiger charge is -2.24. The molecule has 0 aliphatic carbocycles. The van der Waals surface area contributed by atoms with Gasteiger partial charge in [-0.25, -0.2) is 4.68 Å². The molecule has 1 amide bonds. The smallest absolute Gasteiger partial charge is 0.247 e. The molecule has 0 bridgehead atoms. The lowest BCUT2D eigenvalue weighted by Crippen LogP contribution is -2.28. The number of hydrogen-bond acceptors (Lipinski definition) is 6. The topological polar surface area (TPSA) is 84.7 Å². The van der Waals surface area contributed by atoms with Gasteiger partial charge in [-0.2, -0.15) is 11.8 Å². The molecule has 1 aromatic heterocycles. The van der Waals surface area contributed by atoms with Gasteiger partial charge >= 0.3 is 0 Å². The molecule has 0 spiro atoms. The Labute approximate surface area is 187 Å². The Kier molecular flexibility index (Phi) is 8.37. The second kappa shape index (κ2) is 11.4. The summed E-state index contributed by atoms with van der Waals surface area (Å²) in [5.74, 6) is 1.58. The minimum Gasteiger partial charge on any atom is -0.323 e. The number of amides is 1. The van der Waals surface area contributed by atoms with E-state index in [4.69, 9.17) is 0 Å². The molecule has 3 aromatic rings. The zero-order valence-corrected chi connectivity index (χ0v) is 18.7. The summed E-state index contributed by atoms with van der Waals surface area (Å²) in [5.41, 5.74) is 2.91. The van der Waals surface area contributed by atoms with Crippen molar-refractivity contribution in [1.82, 2.24) is 25.5 Å². The molecular weight excluding hydrogens is 408 g/mol. The van der Waals surface area contributed by atoms with Gasteiger partial charge in [0, 0.05) is 18.3 Å². The normalized spacial score (nSPS) is 12.8. The first-order valence-electron chi connectivity index (χ1n) is 10.2. The Morgan fingerprint density at radius 3 is 2.58 bits per heavy atom. The third kappa shape index (κ3) is 6.26. The van der Waals surface area contributed by atoms with E-state index >= 15 is 0 Å². The lowest BCUT2D eigenvalue weighted by molar-refractivity contribution is -0.111. The molecule has 0 saturated carbocycles. The lowest BCUT2D eigenvalue weighted by atomic mass is 10.0. The number of aromatic nitrogens is 4. The van der Waals surface area contributed by atoms with Crippen molar-refractivity contribution in [2.24, 2.45) is 0 Å². The van der Waals surface area contributed by atoms with Crippen LogP contribution in [0.3, 0.4) is 0 Å². The first-order chi connectivity index (χ1) is 15.1. The molecule has 2 atom stereocenters. The van der Waals surface area contributed by atoms with Crippen molar-refractivity contribution >= 4 is 23.4 Å². The number of carbonyl (C=O) groups excluding carboxylic acids is 1. The molecule has 31 heavy (non-hydrogen) atoms. The second-order valence-electron chi connectivity index (χ2n) is 7.15. The summed E-state index contributed by atoms with van der Waals surface area (Å²) in [6.07, 6.45) is 4.34. The van der Waals surface area contributed by atoms with Crippen LogP contribution in [-0.2, 0) is 11.3 Å². The minimum atomic E-state index is -0.238. The number of hydrogen-bond donors (Lipinski definition) is 2. The summed E-state index contributed by atoms with van der Waals surface area (Å²) in [5, 5.41) is 19.0. The van der Waals surface area contributed by atoms with Crippen LogP contribution in [0.5, 0.6) is 0 Å². The summed E-state index contributed by atoms with van der Waals surface area (Å²) in [6.45, 7) is 6.38. The first-order valence-corrected chi connectivity index (χ1v) is 11.6. The summed E-state index contributed by atoms with van der Waals surface area (Å²) < 4.78 is 1.87. The number of thioether (sulfide) groups is 1. The molecule has 0 saturated heterocycles. The molecule has 0 radical (unpaired) electrons. The van der Waals surface area contributed by atoms with Gasteiger partial charge in [0.15, 0.2) is 5.82 Å². The molecule has 0 fully saturated rings. The van der Waals surface area contributed by atoms with Crippen LogP contribution in [0.2, 0.25) is 0 Å².